The smallest absolute Gasteiger partial charge is 0.437 e. The van der Waals surface area contributed by atoms with E-state index in [1.54, 1.807) is 86.6 Å². The zero-order valence-electron chi connectivity index (χ0n) is 39.0. The van der Waals surface area contributed by atoms with Crippen LogP contribution in [0.1, 0.15) is 122 Å². The van der Waals surface area contributed by atoms with E-state index >= 15 is 0 Å². The highest BCUT2D eigenvalue weighted by Crippen LogP contribution is 2.18. The molecule has 1 aliphatic rings. The number of hydrogen-bond acceptors (Lipinski definition) is 11. The van der Waals surface area contributed by atoms with Crippen LogP contribution in [0.3, 0.4) is 0 Å². The van der Waals surface area contributed by atoms with Crippen molar-refractivity contribution >= 4 is 53.7 Å². The van der Waals surface area contributed by atoms with E-state index in [-0.39, 0.29) is 51.3 Å². The molecule has 0 radical (unpaired) electrons. The second-order valence-electron chi connectivity index (χ2n) is 18.6. The third-order valence-electron chi connectivity index (χ3n) is 9.07. The van der Waals surface area contributed by atoms with E-state index in [1.165, 1.54) is 4.90 Å². The molecular formula is C46H66N8O11. The van der Waals surface area contributed by atoms with Crippen molar-refractivity contribution in [1.29, 1.82) is 0 Å². The number of benzene rings is 2. The van der Waals surface area contributed by atoms with Gasteiger partial charge in [-0.3, -0.25) is 28.8 Å². The fourth-order valence-corrected chi connectivity index (χ4v) is 6.31. The summed E-state index contributed by atoms with van der Waals surface area (Å²) in [6, 6.07) is 13.1. The number of hydrogen-bond donors (Lipinski definition) is 5. The molecule has 19 nitrogen and oxygen atoms in total. The molecule has 356 valence electrons. The summed E-state index contributed by atoms with van der Waals surface area (Å²) in [6.07, 6.45) is -1.86. The Hall–Kier alpha value is -6.53. The second-order valence-corrected chi connectivity index (χ2v) is 18.6. The molecule has 19 heteroatoms. The van der Waals surface area contributed by atoms with Gasteiger partial charge in [-0.15, -0.1) is 4.99 Å². The van der Waals surface area contributed by atoms with Crippen molar-refractivity contribution in [2.75, 3.05) is 19.6 Å². The van der Waals surface area contributed by atoms with E-state index in [0.29, 0.717) is 24.0 Å². The molecular weight excluding hydrogens is 841 g/mol. The Morgan fingerprint density at radius 1 is 0.785 bits per heavy atom. The van der Waals surface area contributed by atoms with Gasteiger partial charge in [-0.1, -0.05) is 42.5 Å². The van der Waals surface area contributed by atoms with Crippen LogP contribution in [0.15, 0.2) is 59.6 Å². The van der Waals surface area contributed by atoms with Gasteiger partial charge in [-0.05, 0) is 111 Å². The molecule has 6 N–H and O–H groups in total. The number of esters is 1. The summed E-state index contributed by atoms with van der Waals surface area (Å²) in [5.74, 6) is -4.38. The van der Waals surface area contributed by atoms with E-state index in [9.17, 15) is 38.4 Å². The number of rotatable bonds is 8. The third-order valence-corrected chi connectivity index (χ3v) is 9.07. The number of carbonyl (C=O) groups excluding carboxylic acids is 8. The summed E-state index contributed by atoms with van der Waals surface area (Å²) in [5, 5.41) is 10.6. The first kappa shape index (κ1) is 52.8. The summed E-state index contributed by atoms with van der Waals surface area (Å²) >= 11 is 0. The molecule has 65 heavy (non-hydrogen) atoms. The van der Waals surface area contributed by atoms with Gasteiger partial charge in [0.05, 0.1) is 13.0 Å². The van der Waals surface area contributed by atoms with Crippen molar-refractivity contribution in [2.24, 2.45) is 10.7 Å². The number of carbonyl (C=O) groups is 8. The number of amides is 7. The molecule has 2 atom stereocenters. The van der Waals surface area contributed by atoms with Crippen molar-refractivity contribution in [3.63, 3.8) is 0 Å². The molecule has 0 fully saturated rings. The maximum Gasteiger partial charge on any atom is 0.437 e. The van der Waals surface area contributed by atoms with Crippen molar-refractivity contribution < 1.29 is 52.6 Å². The standard InChI is InChI=1S/C46H66N8O11/c1-44(2,3)63-37(57)26-34-40(60)53(28-30-17-11-10-12-18-30)29-31-19-15-20-32(25-31)38(58)48-23-14-13-22-35(55)50-33(39(59)49-27-36(56)51-34)21-16-24-54(43(62)65-46(7,8)9)41(47)52-42(61)64-45(4,5)6/h10-12,15,17-20,25,33-34H,13-14,16,21-24,26-29H2,1-9H3,(H,48,58)(H,49,59)(H,50,55)(H,51,56)(H2,47,52,61)/t33-,34-/m0/s1. The van der Waals surface area contributed by atoms with Gasteiger partial charge in [0.1, 0.15) is 28.9 Å². The zero-order chi connectivity index (χ0) is 48.5. The van der Waals surface area contributed by atoms with Gasteiger partial charge >= 0.3 is 18.2 Å². The van der Waals surface area contributed by atoms with Gasteiger partial charge in [-0.2, -0.15) is 0 Å². The first-order chi connectivity index (χ1) is 30.3. The maximum atomic E-state index is 14.5. The van der Waals surface area contributed by atoms with Crippen LogP contribution in [0.2, 0.25) is 0 Å². The Morgan fingerprint density at radius 3 is 2.08 bits per heavy atom. The topological polar surface area (TPSA) is 257 Å². The van der Waals surface area contributed by atoms with Crippen LogP contribution in [0.4, 0.5) is 9.59 Å². The average molecular weight is 907 g/mol. The minimum absolute atomic E-state index is 0.00478. The molecule has 0 unspecified atom stereocenters. The average Bonchev–Trinajstić information content (AvgIpc) is 3.18. The summed E-state index contributed by atoms with van der Waals surface area (Å²) in [7, 11) is 0. The van der Waals surface area contributed by atoms with Crippen molar-refractivity contribution in [2.45, 2.75) is 143 Å². The van der Waals surface area contributed by atoms with Crippen LogP contribution in [-0.4, -0.2) is 112 Å². The van der Waals surface area contributed by atoms with E-state index in [4.69, 9.17) is 19.9 Å². The van der Waals surface area contributed by atoms with E-state index in [0.717, 1.165) is 10.5 Å². The van der Waals surface area contributed by atoms with Gasteiger partial charge in [0.2, 0.25) is 29.6 Å². The van der Waals surface area contributed by atoms with E-state index < -0.39 is 89.6 Å². The van der Waals surface area contributed by atoms with E-state index in [1.807, 2.05) is 30.3 Å². The predicted molar refractivity (Wildman–Crippen MR) is 241 cm³/mol. The van der Waals surface area contributed by atoms with Crippen molar-refractivity contribution in [3.8, 4) is 0 Å². The minimum atomic E-state index is -1.44. The van der Waals surface area contributed by atoms with Crippen molar-refractivity contribution in [1.82, 2.24) is 31.1 Å². The number of aliphatic imine (C=N–C) groups is 1. The Labute approximate surface area is 380 Å². The molecule has 0 spiro atoms. The molecule has 1 heterocycles. The Morgan fingerprint density at radius 2 is 1.43 bits per heavy atom. The van der Waals surface area contributed by atoms with Crippen LogP contribution >= 0.6 is 0 Å². The van der Waals surface area contributed by atoms with E-state index in [2.05, 4.69) is 26.3 Å². The van der Waals surface area contributed by atoms with Gasteiger partial charge in [0.15, 0.2) is 0 Å². The monoisotopic (exact) mass is 906 g/mol. The molecule has 2 aromatic rings. The molecule has 3 rings (SSSR count). The molecule has 0 aromatic heterocycles. The molecule has 2 bridgehead atoms. The highest BCUT2D eigenvalue weighted by molar-refractivity contribution is 5.98. The minimum Gasteiger partial charge on any atom is -0.460 e. The third kappa shape index (κ3) is 20.2. The van der Waals surface area contributed by atoms with Crippen LogP contribution in [-0.2, 0) is 51.3 Å². The van der Waals surface area contributed by atoms with Crippen LogP contribution < -0.4 is 27.0 Å². The lowest BCUT2D eigenvalue weighted by Gasteiger charge is -2.29. The largest absolute Gasteiger partial charge is 0.460 e. The fourth-order valence-electron chi connectivity index (χ4n) is 6.31. The summed E-state index contributed by atoms with van der Waals surface area (Å²) in [4.78, 5) is 113. The van der Waals surface area contributed by atoms with Gasteiger partial charge in [0, 0.05) is 38.2 Å². The van der Waals surface area contributed by atoms with Gasteiger partial charge < -0.3 is 46.1 Å². The highest BCUT2D eigenvalue weighted by Gasteiger charge is 2.32. The summed E-state index contributed by atoms with van der Waals surface area (Å²) < 4.78 is 16.2. The Kier molecular flexibility index (Phi) is 19.5. The quantitative estimate of drug-likeness (QED) is 0.108. The van der Waals surface area contributed by atoms with Gasteiger partial charge in [-0.25, -0.2) is 14.5 Å². The lowest BCUT2D eigenvalue weighted by Crippen LogP contribution is -2.53. The predicted octanol–water partition coefficient (Wildman–Crippen LogP) is 4.21. The molecule has 0 saturated heterocycles. The number of nitrogens with zero attached hydrogens (tertiary/aromatic N) is 3. The first-order valence-corrected chi connectivity index (χ1v) is 21.6. The molecule has 7 amide bonds. The number of nitrogens with two attached hydrogens (primary N) is 1. The van der Waals surface area contributed by atoms with Crippen molar-refractivity contribution in [3.05, 3.63) is 71.3 Å². The normalized spacial score (nSPS) is 17.9. The number of nitrogens with one attached hydrogen (secondary N) is 4. The lowest BCUT2D eigenvalue weighted by molar-refractivity contribution is -0.157. The molecule has 2 aromatic carbocycles. The van der Waals surface area contributed by atoms with Crippen LogP contribution in [0, 0.1) is 0 Å². The SMILES string of the molecule is CC(C)(C)OC(=O)C[C@@H]1NC(=O)CNC(=O)[C@H](CCCN(C(=O)OC(C)(C)C)/C(N)=N/C(=O)OC(C)(C)C)NC(=O)CCCCNC(=O)c2cccc(c2)CN(Cc2ccccc2)C1=O. The highest BCUT2D eigenvalue weighted by atomic mass is 16.6. The Balaban J connectivity index is 1.95. The van der Waals surface area contributed by atoms with Crippen LogP contribution in [0.25, 0.3) is 0 Å². The zero-order valence-corrected chi connectivity index (χ0v) is 39.0. The fraction of sp³-hybridized carbons (Fsp3) is 0.543. The van der Waals surface area contributed by atoms with Crippen LogP contribution in [0.5, 0.6) is 0 Å². The molecule has 0 aliphatic carbocycles. The van der Waals surface area contributed by atoms with Gasteiger partial charge in [0.25, 0.3) is 5.91 Å². The lowest BCUT2D eigenvalue weighted by atomic mass is 10.1. The first-order valence-electron chi connectivity index (χ1n) is 21.6. The summed E-state index contributed by atoms with van der Waals surface area (Å²) in [6.45, 7) is 14.2. The summed E-state index contributed by atoms with van der Waals surface area (Å²) in [5.41, 5.74) is 5.05. The second kappa shape index (κ2) is 24.0. The Bertz CT molecular complexity index is 2040. The number of guanidine groups is 1. The number of ether oxygens (including phenoxy) is 3. The molecule has 1 aliphatic heterocycles. The number of fused-ring (bicyclic) bond motifs is 2. The maximum absolute atomic E-state index is 14.5. The molecule has 0 saturated carbocycles.